The van der Waals surface area contributed by atoms with Gasteiger partial charge in [0.05, 0.1) is 0 Å². The first-order valence-corrected chi connectivity index (χ1v) is 11.2. The van der Waals surface area contributed by atoms with E-state index in [9.17, 15) is 0 Å². The lowest BCUT2D eigenvalue weighted by molar-refractivity contribution is 0.242. The normalized spacial score (nSPS) is 13.9. The molecule has 0 bridgehead atoms. The lowest BCUT2D eigenvalue weighted by Gasteiger charge is -2.34. The summed E-state index contributed by atoms with van der Waals surface area (Å²) in [7, 11) is 2.17. The van der Waals surface area contributed by atoms with Gasteiger partial charge in [-0.1, -0.05) is 47.1 Å². The number of fused-ring (bicyclic) bond motifs is 1. The monoisotopic (exact) mass is 520 g/mol. The fourth-order valence-electron chi connectivity index (χ4n) is 4.00. The quantitative estimate of drug-likeness (QED) is 0.327. The lowest BCUT2D eigenvalue weighted by Crippen LogP contribution is -2.44. The van der Waals surface area contributed by atoms with Crippen LogP contribution in [0.5, 0.6) is 5.75 Å². The maximum absolute atomic E-state index is 6.00. The van der Waals surface area contributed by atoms with Crippen molar-refractivity contribution in [1.29, 1.82) is 0 Å². The van der Waals surface area contributed by atoms with Crippen LogP contribution in [0.25, 0.3) is 10.8 Å². The molecule has 0 amide bonds. The Morgan fingerprint density at radius 3 is 2.50 bits per heavy atom. The van der Waals surface area contributed by atoms with Crippen molar-refractivity contribution in [2.24, 2.45) is 0 Å². The zero-order valence-corrected chi connectivity index (χ0v) is 21.2. The largest absolute Gasteiger partial charge is 0.484 e. The molecule has 0 aliphatic carbocycles. The van der Waals surface area contributed by atoms with Gasteiger partial charge in [-0.3, -0.25) is 0 Å². The van der Waals surface area contributed by atoms with E-state index in [1.165, 1.54) is 16.5 Å². The minimum absolute atomic E-state index is 0. The zero-order valence-electron chi connectivity index (χ0n) is 18.8. The van der Waals surface area contributed by atoms with E-state index in [2.05, 4.69) is 57.3 Å². The number of hydrogen-bond donors (Lipinski definition) is 0. The number of piperazine rings is 1. The molecule has 3 aromatic carbocycles. The average Bonchev–Trinajstić information content (AvgIpc) is 3.26. The van der Waals surface area contributed by atoms with Crippen molar-refractivity contribution >= 4 is 52.9 Å². The van der Waals surface area contributed by atoms with E-state index in [1.807, 2.05) is 30.3 Å². The zero-order chi connectivity index (χ0) is 21.9. The summed E-state index contributed by atoms with van der Waals surface area (Å²) in [6.07, 6.45) is 0.588. The summed E-state index contributed by atoms with van der Waals surface area (Å²) in [4.78, 5) is 9.27. The molecule has 0 unspecified atom stereocenters. The molecule has 1 aliphatic rings. The van der Waals surface area contributed by atoms with Crippen LogP contribution in [0.4, 0.5) is 5.69 Å². The van der Waals surface area contributed by atoms with E-state index in [1.54, 1.807) is 0 Å². The van der Waals surface area contributed by atoms with Gasteiger partial charge in [0, 0.05) is 48.7 Å². The van der Waals surface area contributed by atoms with Crippen molar-refractivity contribution in [3.05, 3.63) is 83.0 Å². The molecule has 0 saturated carbocycles. The fraction of sp³-hybridized carbons (Fsp3) is 0.280. The van der Waals surface area contributed by atoms with Crippen LogP contribution in [0.3, 0.4) is 0 Å². The first kappa shape index (κ1) is 26.1. The third kappa shape index (κ3) is 6.13. The molecule has 4 aromatic rings. The first-order chi connectivity index (χ1) is 15.6. The number of ether oxygens (including phenoxy) is 1. The van der Waals surface area contributed by atoms with Gasteiger partial charge in [-0.25, -0.2) is 0 Å². The third-order valence-corrected chi connectivity index (χ3v) is 6.07. The molecular formula is C25H27Cl3N4O2. The molecule has 180 valence electrons. The van der Waals surface area contributed by atoms with Gasteiger partial charge < -0.3 is 19.1 Å². The molecule has 0 radical (unpaired) electrons. The number of rotatable bonds is 6. The van der Waals surface area contributed by atoms with E-state index < -0.39 is 0 Å². The molecule has 0 spiro atoms. The van der Waals surface area contributed by atoms with Gasteiger partial charge in [0.1, 0.15) is 5.75 Å². The summed E-state index contributed by atoms with van der Waals surface area (Å²) < 4.78 is 11.4. The Balaban J connectivity index is 0.00000162. The van der Waals surface area contributed by atoms with Gasteiger partial charge in [0.25, 0.3) is 5.89 Å². The molecule has 1 aromatic heterocycles. The Bertz CT molecular complexity index is 1210. The van der Waals surface area contributed by atoms with E-state index in [0.29, 0.717) is 23.2 Å². The molecule has 1 aliphatic heterocycles. The molecule has 34 heavy (non-hydrogen) atoms. The van der Waals surface area contributed by atoms with Gasteiger partial charge in [0.2, 0.25) is 0 Å². The van der Waals surface area contributed by atoms with Crippen LogP contribution in [-0.4, -0.2) is 48.3 Å². The summed E-state index contributed by atoms with van der Waals surface area (Å²) in [6.45, 7) is 4.43. The fourth-order valence-corrected chi connectivity index (χ4v) is 4.12. The van der Waals surface area contributed by atoms with Gasteiger partial charge in [-0.15, -0.1) is 24.8 Å². The van der Waals surface area contributed by atoms with Crippen molar-refractivity contribution in [2.75, 3.05) is 38.1 Å². The molecule has 5 rings (SSSR count). The highest BCUT2D eigenvalue weighted by molar-refractivity contribution is 6.30. The molecule has 1 fully saturated rings. The summed E-state index contributed by atoms with van der Waals surface area (Å²) in [5.41, 5.74) is 2.33. The van der Waals surface area contributed by atoms with Crippen LogP contribution < -0.4 is 9.64 Å². The third-order valence-electron chi connectivity index (χ3n) is 5.82. The van der Waals surface area contributed by atoms with Crippen LogP contribution in [0.15, 0.2) is 65.2 Å². The number of hydrogen-bond acceptors (Lipinski definition) is 6. The van der Waals surface area contributed by atoms with Crippen LogP contribution in [0.1, 0.15) is 17.3 Å². The van der Waals surface area contributed by atoms with Crippen molar-refractivity contribution in [2.45, 2.75) is 13.0 Å². The topological polar surface area (TPSA) is 54.6 Å². The second kappa shape index (κ2) is 11.8. The van der Waals surface area contributed by atoms with Gasteiger partial charge in [-0.05, 0) is 48.3 Å². The average molecular weight is 522 g/mol. The summed E-state index contributed by atoms with van der Waals surface area (Å²) in [6, 6.07) is 20.3. The predicted molar refractivity (Wildman–Crippen MR) is 141 cm³/mol. The highest BCUT2D eigenvalue weighted by Gasteiger charge is 2.16. The van der Waals surface area contributed by atoms with E-state index in [0.717, 1.165) is 37.5 Å². The molecule has 0 N–H and O–H groups in total. The first-order valence-electron chi connectivity index (χ1n) is 10.8. The number of halogens is 3. The van der Waals surface area contributed by atoms with Gasteiger partial charge in [0.15, 0.2) is 12.4 Å². The number of benzene rings is 3. The lowest BCUT2D eigenvalue weighted by atomic mass is 10.1. The second-order valence-corrected chi connectivity index (χ2v) is 8.58. The molecular weight excluding hydrogens is 495 g/mol. The summed E-state index contributed by atoms with van der Waals surface area (Å²) in [5.74, 6) is 1.87. The highest BCUT2D eigenvalue weighted by Crippen LogP contribution is 2.31. The number of aromatic nitrogens is 2. The Labute approximate surface area is 216 Å². The smallest absolute Gasteiger partial charge is 0.264 e. The van der Waals surface area contributed by atoms with Crippen molar-refractivity contribution in [3.63, 3.8) is 0 Å². The predicted octanol–water partition coefficient (Wildman–Crippen LogP) is 5.64. The molecule has 6 nitrogen and oxygen atoms in total. The van der Waals surface area contributed by atoms with E-state index in [4.69, 9.17) is 20.9 Å². The van der Waals surface area contributed by atoms with E-state index in [-0.39, 0.29) is 31.4 Å². The van der Waals surface area contributed by atoms with Crippen LogP contribution in [-0.2, 0) is 13.0 Å². The standard InChI is InChI=1S/C25H25ClN4O2.2ClH/c1-29-11-13-30(14-12-29)23-4-2-3-19-7-10-21(16-22(19)23)31-17-25-27-24(28-32-25)15-18-5-8-20(26)9-6-18;;/h2-10,16H,11-15,17H2,1H3;2*1H. The Morgan fingerprint density at radius 2 is 1.74 bits per heavy atom. The molecule has 9 heteroatoms. The Morgan fingerprint density at radius 1 is 0.971 bits per heavy atom. The summed E-state index contributed by atoms with van der Waals surface area (Å²) >= 11 is 5.94. The van der Waals surface area contributed by atoms with Crippen molar-refractivity contribution < 1.29 is 9.26 Å². The van der Waals surface area contributed by atoms with Crippen LogP contribution in [0, 0.1) is 0 Å². The maximum atomic E-state index is 6.00. The summed E-state index contributed by atoms with van der Waals surface area (Å²) in [5, 5.41) is 7.18. The van der Waals surface area contributed by atoms with Gasteiger partial charge in [-0.2, -0.15) is 4.98 Å². The number of anilines is 1. The number of nitrogens with zero attached hydrogens (tertiary/aromatic N) is 4. The second-order valence-electron chi connectivity index (χ2n) is 8.15. The van der Waals surface area contributed by atoms with E-state index >= 15 is 0 Å². The Hall–Kier alpha value is -2.51. The van der Waals surface area contributed by atoms with Gasteiger partial charge >= 0.3 is 0 Å². The van der Waals surface area contributed by atoms with Crippen molar-refractivity contribution in [1.82, 2.24) is 15.0 Å². The van der Waals surface area contributed by atoms with Crippen LogP contribution >= 0.6 is 36.4 Å². The minimum atomic E-state index is 0. The number of likely N-dealkylation sites (N-methyl/N-ethyl adjacent to an activating group) is 1. The van der Waals surface area contributed by atoms with Crippen LogP contribution in [0.2, 0.25) is 5.02 Å². The molecule has 0 atom stereocenters. The minimum Gasteiger partial charge on any atom is -0.484 e. The molecule has 1 saturated heterocycles. The SMILES string of the molecule is CN1CCN(c2cccc3ccc(OCc4nc(Cc5ccc(Cl)cc5)no4)cc23)CC1.Cl.Cl. The highest BCUT2D eigenvalue weighted by atomic mass is 35.5. The Kier molecular flexibility index (Phi) is 9.03. The molecule has 2 heterocycles. The van der Waals surface area contributed by atoms with Crippen molar-refractivity contribution in [3.8, 4) is 5.75 Å². The maximum Gasteiger partial charge on any atom is 0.264 e.